The molecule has 0 saturated heterocycles. The fourth-order valence-electron chi connectivity index (χ4n) is 2.99. The summed E-state index contributed by atoms with van der Waals surface area (Å²) in [4.78, 5) is 30.1. The van der Waals surface area contributed by atoms with Crippen molar-refractivity contribution < 1.29 is 23.8 Å². The zero-order valence-corrected chi connectivity index (χ0v) is 18.7. The summed E-state index contributed by atoms with van der Waals surface area (Å²) < 4.78 is 17.1. The average Bonchev–Trinajstić information content (AvgIpc) is 3.53. The first-order valence-electron chi connectivity index (χ1n) is 9.84. The van der Waals surface area contributed by atoms with Gasteiger partial charge in [-0.2, -0.15) is 4.98 Å². The lowest BCUT2D eigenvalue weighted by Crippen LogP contribution is -2.21. The maximum Gasteiger partial charge on any atom is 0.378 e. The Morgan fingerprint density at radius 2 is 1.73 bits per heavy atom. The zero-order chi connectivity index (χ0) is 23.2. The van der Waals surface area contributed by atoms with Gasteiger partial charge in [0.15, 0.2) is 12.4 Å². The molecule has 168 valence electrons. The van der Waals surface area contributed by atoms with E-state index in [1.165, 1.54) is 25.6 Å². The van der Waals surface area contributed by atoms with Crippen molar-refractivity contribution in [3.63, 3.8) is 0 Å². The molecule has 0 saturated carbocycles. The number of hydrogen-bond acceptors (Lipinski definition) is 8. The van der Waals surface area contributed by atoms with Crippen LogP contribution in [0.4, 0.5) is 5.69 Å². The summed E-state index contributed by atoms with van der Waals surface area (Å²) in [6.07, 6.45) is 0. The van der Waals surface area contributed by atoms with Crippen LogP contribution in [0.5, 0.6) is 11.5 Å². The predicted molar refractivity (Wildman–Crippen MR) is 123 cm³/mol. The number of methoxy groups -OCH3 is 2. The highest BCUT2D eigenvalue weighted by Gasteiger charge is 2.21. The van der Waals surface area contributed by atoms with Gasteiger partial charge < -0.3 is 19.5 Å². The largest absolute Gasteiger partial charge is 0.497 e. The minimum atomic E-state index is -0.805. The average molecular weight is 465 g/mol. The Hall–Kier alpha value is -4.18. The third-order valence-corrected chi connectivity index (χ3v) is 5.37. The van der Waals surface area contributed by atoms with Crippen LogP contribution in [0, 0.1) is 0 Å². The molecule has 9 nitrogen and oxygen atoms in total. The first kappa shape index (κ1) is 22.0. The maximum atomic E-state index is 12.6. The number of nitrogens with one attached hydrogen (secondary N) is 1. The number of anilines is 1. The minimum Gasteiger partial charge on any atom is -0.497 e. The molecule has 0 bridgehead atoms. The van der Waals surface area contributed by atoms with Crippen molar-refractivity contribution in [1.29, 1.82) is 0 Å². The fourth-order valence-corrected chi connectivity index (χ4v) is 3.68. The van der Waals surface area contributed by atoms with Gasteiger partial charge in [0.05, 0.1) is 24.8 Å². The number of benzene rings is 2. The normalized spacial score (nSPS) is 10.5. The van der Waals surface area contributed by atoms with E-state index in [1.54, 1.807) is 22.9 Å². The molecular weight excluding hydrogens is 444 g/mol. The topological polar surface area (TPSA) is 105 Å². The molecule has 2 aromatic heterocycles. The second-order valence-electron chi connectivity index (χ2n) is 6.71. The summed E-state index contributed by atoms with van der Waals surface area (Å²) in [6, 6.07) is 18.0. The molecule has 1 N–H and O–H groups in total. The fraction of sp³-hybridized carbons (Fsp3) is 0.130. The highest BCUT2D eigenvalue weighted by Crippen LogP contribution is 2.27. The monoisotopic (exact) mass is 464 g/mol. The molecule has 0 fully saturated rings. The van der Waals surface area contributed by atoms with Gasteiger partial charge >= 0.3 is 5.97 Å². The van der Waals surface area contributed by atoms with E-state index >= 15 is 0 Å². The van der Waals surface area contributed by atoms with Gasteiger partial charge in [-0.05, 0) is 23.6 Å². The molecule has 0 aliphatic heterocycles. The number of hydrogen-bond donors (Lipinski definition) is 1. The van der Waals surface area contributed by atoms with Gasteiger partial charge in [0.25, 0.3) is 11.7 Å². The molecule has 0 spiro atoms. The molecule has 33 heavy (non-hydrogen) atoms. The summed E-state index contributed by atoms with van der Waals surface area (Å²) in [6.45, 7) is -0.507. The van der Waals surface area contributed by atoms with Crippen molar-refractivity contribution in [1.82, 2.24) is 14.8 Å². The van der Waals surface area contributed by atoms with Crippen molar-refractivity contribution in [2.24, 2.45) is 0 Å². The summed E-state index contributed by atoms with van der Waals surface area (Å²) in [7, 11) is 3.02. The van der Waals surface area contributed by atoms with Crippen LogP contribution in [0.15, 0.2) is 66.0 Å². The predicted octanol–water partition coefficient (Wildman–Crippen LogP) is 3.81. The van der Waals surface area contributed by atoms with Crippen LogP contribution in [0.25, 0.3) is 16.4 Å². The molecule has 0 aliphatic rings. The molecule has 2 heterocycles. The van der Waals surface area contributed by atoms with Crippen LogP contribution in [0.1, 0.15) is 10.6 Å². The lowest BCUT2D eigenvalue weighted by molar-refractivity contribution is -0.119. The summed E-state index contributed by atoms with van der Waals surface area (Å²) in [5.41, 5.74) is 1.19. The summed E-state index contributed by atoms with van der Waals surface area (Å²) in [5, 5.41) is 8.87. The SMILES string of the molecule is COc1cc(NC(=O)COC(=O)c2nc(-c3cccs3)n(-c3ccccc3)n2)cc(OC)c1. The van der Waals surface area contributed by atoms with E-state index in [-0.39, 0.29) is 5.82 Å². The van der Waals surface area contributed by atoms with Gasteiger partial charge in [-0.3, -0.25) is 4.79 Å². The van der Waals surface area contributed by atoms with Crippen molar-refractivity contribution in [3.05, 3.63) is 71.9 Å². The highest BCUT2D eigenvalue weighted by atomic mass is 32.1. The van der Waals surface area contributed by atoms with Gasteiger partial charge in [-0.1, -0.05) is 24.3 Å². The number of nitrogens with zero attached hydrogens (tertiary/aromatic N) is 3. The Labute approximate surface area is 193 Å². The Balaban J connectivity index is 1.47. The van der Waals surface area contributed by atoms with Crippen molar-refractivity contribution in [3.8, 4) is 27.9 Å². The Bertz CT molecular complexity index is 1230. The molecular formula is C23H20N4O5S. The number of carbonyl (C=O) groups is 2. The van der Waals surface area contributed by atoms with Gasteiger partial charge in [-0.15, -0.1) is 16.4 Å². The molecule has 10 heteroatoms. The smallest absolute Gasteiger partial charge is 0.378 e. The second kappa shape index (κ2) is 9.96. The van der Waals surface area contributed by atoms with Crippen LogP contribution in [-0.4, -0.2) is 47.5 Å². The van der Waals surface area contributed by atoms with Crippen LogP contribution in [0.3, 0.4) is 0 Å². The first-order valence-corrected chi connectivity index (χ1v) is 10.7. The van der Waals surface area contributed by atoms with Gasteiger partial charge in [0.2, 0.25) is 0 Å². The van der Waals surface area contributed by atoms with Crippen LogP contribution < -0.4 is 14.8 Å². The van der Waals surface area contributed by atoms with E-state index in [1.807, 2.05) is 47.8 Å². The Morgan fingerprint density at radius 3 is 2.36 bits per heavy atom. The van der Waals surface area contributed by atoms with Gasteiger partial charge in [0, 0.05) is 23.9 Å². The van der Waals surface area contributed by atoms with E-state index in [0.29, 0.717) is 23.0 Å². The minimum absolute atomic E-state index is 0.141. The number of carbonyl (C=O) groups excluding carboxylic acids is 2. The highest BCUT2D eigenvalue weighted by molar-refractivity contribution is 7.13. The number of amides is 1. The van der Waals surface area contributed by atoms with E-state index in [0.717, 1.165) is 10.6 Å². The van der Waals surface area contributed by atoms with Crippen molar-refractivity contribution >= 4 is 28.9 Å². The number of para-hydroxylation sites is 1. The molecule has 4 rings (SSSR count). The van der Waals surface area contributed by atoms with Crippen LogP contribution >= 0.6 is 11.3 Å². The first-order chi connectivity index (χ1) is 16.1. The van der Waals surface area contributed by atoms with Crippen LogP contribution in [0.2, 0.25) is 0 Å². The third-order valence-electron chi connectivity index (χ3n) is 4.50. The molecule has 1 amide bonds. The number of ether oxygens (including phenoxy) is 3. The standard InChI is InChI=1S/C23H20N4O5S/c1-30-17-11-15(12-18(13-17)31-2)24-20(28)14-32-23(29)21-25-22(19-9-6-10-33-19)27(26-21)16-7-4-3-5-8-16/h3-13H,14H2,1-2H3,(H,24,28). The zero-order valence-electron chi connectivity index (χ0n) is 17.8. The second-order valence-corrected chi connectivity index (χ2v) is 7.66. The van der Waals surface area contributed by atoms with Gasteiger partial charge in [0.1, 0.15) is 11.5 Å². The molecule has 0 aliphatic carbocycles. The lowest BCUT2D eigenvalue weighted by Gasteiger charge is -2.09. The lowest BCUT2D eigenvalue weighted by atomic mass is 10.2. The van der Waals surface area contributed by atoms with Gasteiger partial charge in [-0.25, -0.2) is 9.48 Å². The van der Waals surface area contributed by atoms with E-state index in [4.69, 9.17) is 14.2 Å². The number of thiophene rings is 1. The molecule has 0 radical (unpaired) electrons. The third kappa shape index (κ3) is 5.18. The maximum absolute atomic E-state index is 12.6. The molecule has 0 unspecified atom stereocenters. The van der Waals surface area contributed by atoms with Crippen molar-refractivity contribution in [2.75, 3.05) is 26.1 Å². The Morgan fingerprint density at radius 1 is 1.00 bits per heavy atom. The van der Waals surface area contributed by atoms with Crippen molar-refractivity contribution in [2.45, 2.75) is 0 Å². The quantitative estimate of drug-likeness (QED) is 0.395. The van der Waals surface area contributed by atoms with E-state index in [9.17, 15) is 9.59 Å². The number of esters is 1. The van der Waals surface area contributed by atoms with E-state index < -0.39 is 18.5 Å². The number of aromatic nitrogens is 3. The summed E-state index contributed by atoms with van der Waals surface area (Å²) in [5.74, 6) is 0.0616. The Kier molecular flexibility index (Phi) is 6.65. The number of rotatable bonds is 8. The molecule has 2 aromatic carbocycles. The van der Waals surface area contributed by atoms with Crippen LogP contribution in [-0.2, 0) is 9.53 Å². The molecule has 4 aromatic rings. The summed E-state index contributed by atoms with van der Waals surface area (Å²) >= 11 is 1.48. The molecule has 0 atom stereocenters. The van der Waals surface area contributed by atoms with E-state index in [2.05, 4.69) is 15.4 Å².